The Morgan fingerprint density at radius 3 is 2.52 bits per heavy atom. The van der Waals surface area contributed by atoms with E-state index in [0.29, 0.717) is 24.1 Å². The van der Waals surface area contributed by atoms with Gasteiger partial charge in [0.15, 0.2) is 0 Å². The van der Waals surface area contributed by atoms with Gasteiger partial charge in [-0.2, -0.15) is 0 Å². The first-order valence-corrected chi connectivity index (χ1v) is 11.3. The van der Waals surface area contributed by atoms with Crippen molar-refractivity contribution in [1.82, 2.24) is 10.2 Å². The summed E-state index contributed by atoms with van der Waals surface area (Å²) in [6.07, 6.45) is 1.98. The van der Waals surface area contributed by atoms with Gasteiger partial charge in [0.1, 0.15) is 11.8 Å². The highest BCUT2D eigenvalue weighted by molar-refractivity contribution is 7.64. The molecule has 1 amide bonds. The molecule has 0 radical (unpaired) electrons. The third-order valence-corrected chi connectivity index (χ3v) is 7.72. The molecule has 1 unspecified atom stereocenters. The van der Waals surface area contributed by atoms with Crippen LogP contribution in [0.3, 0.4) is 0 Å². The van der Waals surface area contributed by atoms with E-state index in [1.54, 1.807) is 41.5 Å². The minimum atomic E-state index is -3.58. The van der Waals surface area contributed by atoms with Crippen molar-refractivity contribution in [1.29, 1.82) is 0 Å². The molecule has 3 rings (SSSR count). The van der Waals surface area contributed by atoms with Crippen molar-refractivity contribution in [3.05, 3.63) is 59.7 Å². The van der Waals surface area contributed by atoms with Crippen LogP contribution in [-0.4, -0.2) is 35.5 Å². The van der Waals surface area contributed by atoms with E-state index in [9.17, 15) is 14.6 Å². The summed E-state index contributed by atoms with van der Waals surface area (Å²) in [5.74, 6) is 0.0369. The van der Waals surface area contributed by atoms with Crippen LogP contribution in [0.4, 0.5) is 0 Å². The van der Waals surface area contributed by atoms with E-state index in [-0.39, 0.29) is 6.54 Å². The van der Waals surface area contributed by atoms with Crippen LogP contribution >= 0.6 is 7.52 Å². The molecule has 2 aromatic rings. The van der Waals surface area contributed by atoms with E-state index in [4.69, 9.17) is 9.26 Å². The highest BCUT2D eigenvalue weighted by Crippen LogP contribution is 2.54. The second kappa shape index (κ2) is 9.55. The van der Waals surface area contributed by atoms with Gasteiger partial charge in [0.2, 0.25) is 0 Å². The Morgan fingerprint density at radius 1 is 1.21 bits per heavy atom. The molecule has 2 atom stereocenters. The number of hydroxylamine groups is 1. The smallest absolute Gasteiger partial charge is 0.303 e. The molecule has 8 heteroatoms. The van der Waals surface area contributed by atoms with Gasteiger partial charge in [0.25, 0.3) is 5.91 Å². The number of unbranched alkanes of at least 4 members (excludes halogenated alkanes) is 1. The van der Waals surface area contributed by atoms with Gasteiger partial charge in [-0.05, 0) is 48.2 Å². The van der Waals surface area contributed by atoms with E-state index in [1.807, 2.05) is 31.2 Å². The quantitative estimate of drug-likeness (QED) is 0.296. The molecule has 1 aliphatic rings. The van der Waals surface area contributed by atoms with Crippen LogP contribution in [0.2, 0.25) is 0 Å². The molecule has 0 spiro atoms. The first kappa shape index (κ1) is 21.5. The van der Waals surface area contributed by atoms with Gasteiger partial charge < -0.3 is 9.26 Å². The molecule has 0 bridgehead atoms. The third kappa shape index (κ3) is 4.54. The first-order valence-electron chi connectivity index (χ1n) is 9.70. The fourth-order valence-electron chi connectivity index (χ4n) is 3.49. The molecular formula is C21H27N2O5P. The number of methoxy groups -OCH3 is 1. The van der Waals surface area contributed by atoms with Crippen LogP contribution in [0.15, 0.2) is 48.5 Å². The van der Waals surface area contributed by atoms with E-state index >= 15 is 0 Å². The second-order valence-corrected chi connectivity index (χ2v) is 9.30. The predicted octanol–water partition coefficient (Wildman–Crippen LogP) is 3.26. The summed E-state index contributed by atoms with van der Waals surface area (Å²) in [7, 11) is -2.02. The number of carbonyl (C=O) groups excluding carboxylic acids is 1. The van der Waals surface area contributed by atoms with Crippen molar-refractivity contribution in [2.45, 2.75) is 38.8 Å². The molecule has 1 heterocycles. The molecular weight excluding hydrogens is 391 g/mol. The maximum atomic E-state index is 14.3. The van der Waals surface area contributed by atoms with E-state index < -0.39 is 19.5 Å². The van der Waals surface area contributed by atoms with Crippen molar-refractivity contribution < 1.29 is 23.8 Å². The van der Waals surface area contributed by atoms with E-state index in [1.165, 1.54) is 0 Å². The minimum Gasteiger partial charge on any atom is -0.497 e. The summed E-state index contributed by atoms with van der Waals surface area (Å²) in [4.78, 5) is 12.5. The molecule has 7 nitrogen and oxygen atoms in total. The largest absolute Gasteiger partial charge is 0.497 e. The Kier molecular flexibility index (Phi) is 7.09. The number of hydrogen-bond donors (Lipinski definition) is 2. The van der Waals surface area contributed by atoms with Gasteiger partial charge in [0, 0.05) is 6.54 Å². The van der Waals surface area contributed by atoms with Crippen molar-refractivity contribution in [3.8, 4) is 5.75 Å². The molecule has 0 saturated carbocycles. The minimum absolute atomic E-state index is 0.281. The fraction of sp³-hybridized carbons (Fsp3) is 0.381. The topological polar surface area (TPSA) is 88.1 Å². The number of amides is 1. The second-order valence-electron chi connectivity index (χ2n) is 6.97. The van der Waals surface area contributed by atoms with Crippen molar-refractivity contribution in [2.24, 2.45) is 0 Å². The molecule has 0 saturated heterocycles. The zero-order valence-corrected chi connectivity index (χ0v) is 17.6. The van der Waals surface area contributed by atoms with Gasteiger partial charge in [0.05, 0.1) is 19.0 Å². The number of hydrogen-bond acceptors (Lipinski definition) is 5. The SMILES string of the molecule is CCCCOP(=O)(c1ccc(OC)cc1)N1Cc2ccccc2C[C@@H]1C(=O)NO. The van der Waals surface area contributed by atoms with Gasteiger partial charge in [-0.3, -0.25) is 14.6 Å². The number of rotatable bonds is 8. The van der Waals surface area contributed by atoms with Crippen LogP contribution in [0.25, 0.3) is 0 Å². The molecule has 2 N–H and O–H groups in total. The lowest BCUT2D eigenvalue weighted by Gasteiger charge is -2.39. The summed E-state index contributed by atoms with van der Waals surface area (Å²) in [6, 6.07) is 13.8. The molecule has 29 heavy (non-hydrogen) atoms. The lowest BCUT2D eigenvalue weighted by atomic mass is 9.95. The van der Waals surface area contributed by atoms with Gasteiger partial charge in [-0.1, -0.05) is 37.6 Å². The molecule has 0 aliphatic carbocycles. The summed E-state index contributed by atoms with van der Waals surface area (Å²) >= 11 is 0. The Labute approximate surface area is 171 Å². The number of fused-ring (bicyclic) bond motifs is 1. The Balaban J connectivity index is 2.05. The monoisotopic (exact) mass is 418 g/mol. The molecule has 1 aliphatic heterocycles. The normalized spacial score (nSPS) is 18.5. The summed E-state index contributed by atoms with van der Waals surface area (Å²) in [6.45, 7) is 2.62. The first-order chi connectivity index (χ1) is 14.0. The Hall–Kier alpha value is -2.18. The van der Waals surface area contributed by atoms with E-state index in [2.05, 4.69) is 0 Å². The highest BCUT2D eigenvalue weighted by atomic mass is 31.2. The zero-order chi connectivity index (χ0) is 20.9. The lowest BCUT2D eigenvalue weighted by molar-refractivity contribution is -0.133. The predicted molar refractivity (Wildman–Crippen MR) is 111 cm³/mol. The van der Waals surface area contributed by atoms with Crippen LogP contribution in [0, 0.1) is 0 Å². The van der Waals surface area contributed by atoms with Crippen LogP contribution < -0.4 is 15.5 Å². The van der Waals surface area contributed by atoms with E-state index in [0.717, 1.165) is 24.0 Å². The number of ether oxygens (including phenoxy) is 1. The summed E-state index contributed by atoms with van der Waals surface area (Å²) in [5.41, 5.74) is 3.71. The number of nitrogens with zero attached hydrogens (tertiary/aromatic N) is 1. The average Bonchev–Trinajstić information content (AvgIpc) is 2.77. The number of carbonyl (C=O) groups is 1. The molecule has 156 valence electrons. The summed E-state index contributed by atoms with van der Waals surface area (Å²) in [5, 5.41) is 9.79. The van der Waals surface area contributed by atoms with Crippen molar-refractivity contribution in [2.75, 3.05) is 13.7 Å². The molecule has 0 aromatic heterocycles. The fourth-order valence-corrected chi connectivity index (χ4v) is 5.88. The van der Waals surface area contributed by atoms with Gasteiger partial charge in [-0.15, -0.1) is 0 Å². The van der Waals surface area contributed by atoms with Crippen LogP contribution in [0.1, 0.15) is 30.9 Å². The summed E-state index contributed by atoms with van der Waals surface area (Å²) < 4.78 is 27.1. The molecule has 2 aromatic carbocycles. The van der Waals surface area contributed by atoms with Gasteiger partial charge >= 0.3 is 7.52 Å². The van der Waals surface area contributed by atoms with Gasteiger partial charge in [-0.25, -0.2) is 10.2 Å². The Bertz CT molecular complexity index is 887. The van der Waals surface area contributed by atoms with Crippen LogP contribution in [0.5, 0.6) is 5.75 Å². The highest BCUT2D eigenvalue weighted by Gasteiger charge is 2.44. The molecule has 0 fully saturated rings. The number of nitrogens with one attached hydrogen (secondary N) is 1. The average molecular weight is 418 g/mol. The van der Waals surface area contributed by atoms with Crippen molar-refractivity contribution >= 4 is 18.7 Å². The Morgan fingerprint density at radius 2 is 1.90 bits per heavy atom. The van der Waals surface area contributed by atoms with Crippen LogP contribution in [-0.2, 0) is 26.8 Å². The zero-order valence-electron chi connectivity index (χ0n) is 16.7. The number of benzene rings is 2. The lowest BCUT2D eigenvalue weighted by Crippen LogP contribution is -2.49. The maximum Gasteiger partial charge on any atom is 0.303 e. The standard InChI is InChI=1S/C21H27N2O5P/c1-3-4-13-28-29(26,19-11-9-18(27-2)10-12-19)23-15-17-8-6-5-7-16(17)14-20(23)21(24)22-25/h5-12,20,25H,3-4,13-15H2,1-2H3,(H,22,24)/t20-,29?/m1/s1. The van der Waals surface area contributed by atoms with Crippen molar-refractivity contribution in [3.63, 3.8) is 0 Å². The third-order valence-electron chi connectivity index (χ3n) is 5.14. The maximum absolute atomic E-state index is 14.3.